The summed E-state index contributed by atoms with van der Waals surface area (Å²) in [5, 5.41) is 6.31. The Hall–Kier alpha value is -0.140. The molecule has 1 amide bonds. The molecule has 2 N–H and O–H groups in total. The third-order valence-corrected chi connectivity index (χ3v) is 5.92. The summed E-state index contributed by atoms with van der Waals surface area (Å²) in [5.74, 6) is 0.128. The molecule has 1 aliphatic rings. The van der Waals surface area contributed by atoms with Crippen molar-refractivity contribution < 1.29 is 4.79 Å². The largest absolute Gasteiger partial charge is 0.326 e. The molecule has 1 unspecified atom stereocenters. The minimum atomic E-state index is -0.241. The summed E-state index contributed by atoms with van der Waals surface area (Å²) >= 11 is 5.73. The van der Waals surface area contributed by atoms with Gasteiger partial charge in [-0.25, -0.2) is 0 Å². The molecule has 1 heterocycles. The number of amides is 1. The highest BCUT2D eigenvalue weighted by atomic mass is 127. The molecule has 5 heteroatoms. The molecule has 2 rings (SSSR count). The second kappa shape index (κ2) is 5.88. The van der Waals surface area contributed by atoms with Gasteiger partial charge in [-0.3, -0.25) is 4.79 Å². The Kier molecular flexibility index (Phi) is 4.66. The van der Waals surface area contributed by atoms with Crippen LogP contribution in [-0.2, 0) is 4.79 Å². The van der Waals surface area contributed by atoms with Crippen LogP contribution in [0.25, 0.3) is 0 Å². The van der Waals surface area contributed by atoms with Gasteiger partial charge in [0, 0.05) is 20.3 Å². The topological polar surface area (TPSA) is 41.1 Å². The molecule has 98 valence electrons. The molecule has 0 aromatic heterocycles. The molecule has 0 saturated carbocycles. The predicted octanol–water partition coefficient (Wildman–Crippen LogP) is 3.38. The minimum absolute atomic E-state index is 0.128. The van der Waals surface area contributed by atoms with Gasteiger partial charge in [0.25, 0.3) is 0 Å². The van der Waals surface area contributed by atoms with Crippen molar-refractivity contribution in [2.45, 2.75) is 19.8 Å². The lowest BCUT2D eigenvalue weighted by molar-refractivity contribution is -0.124. The quantitative estimate of drug-likeness (QED) is 0.733. The van der Waals surface area contributed by atoms with Crippen molar-refractivity contribution in [2.24, 2.45) is 5.41 Å². The highest BCUT2D eigenvalue weighted by Gasteiger charge is 2.39. The van der Waals surface area contributed by atoms with E-state index in [2.05, 4.69) is 56.1 Å². The zero-order valence-corrected chi connectivity index (χ0v) is 14.0. The van der Waals surface area contributed by atoms with Crippen molar-refractivity contribution >= 4 is 50.1 Å². The Balaban J connectivity index is 2.13. The Morgan fingerprint density at radius 1 is 1.61 bits per heavy atom. The van der Waals surface area contributed by atoms with Gasteiger partial charge >= 0.3 is 0 Å². The molecule has 0 bridgehead atoms. The Morgan fingerprint density at radius 2 is 2.39 bits per heavy atom. The molecule has 0 radical (unpaired) electrons. The van der Waals surface area contributed by atoms with E-state index in [1.165, 1.54) is 0 Å². The summed E-state index contributed by atoms with van der Waals surface area (Å²) in [5.41, 5.74) is 0.613. The zero-order valence-electron chi connectivity index (χ0n) is 10.2. The molecule has 1 aromatic rings. The van der Waals surface area contributed by atoms with Gasteiger partial charge in [0.15, 0.2) is 0 Å². The van der Waals surface area contributed by atoms with Crippen LogP contribution in [0, 0.1) is 8.99 Å². The predicted molar refractivity (Wildman–Crippen MR) is 85.7 cm³/mol. The third-order valence-electron chi connectivity index (χ3n) is 3.58. The van der Waals surface area contributed by atoms with Crippen LogP contribution >= 0.6 is 38.5 Å². The Bertz CT molecular complexity index is 458. The number of carbonyl (C=O) groups excluding carboxylic acids is 1. The van der Waals surface area contributed by atoms with Gasteiger partial charge in [0.1, 0.15) is 0 Å². The monoisotopic (exact) mass is 422 g/mol. The molecule has 1 aromatic carbocycles. The number of hydrogen-bond acceptors (Lipinski definition) is 2. The van der Waals surface area contributed by atoms with Gasteiger partial charge in [-0.1, -0.05) is 6.92 Å². The van der Waals surface area contributed by atoms with Gasteiger partial charge in [-0.05, 0) is 76.1 Å². The number of halogens is 2. The van der Waals surface area contributed by atoms with Gasteiger partial charge in [0.05, 0.1) is 5.41 Å². The van der Waals surface area contributed by atoms with E-state index in [4.69, 9.17) is 0 Å². The normalized spacial score (nSPS) is 23.1. The molecule has 3 nitrogen and oxygen atoms in total. The molecule has 0 aliphatic carbocycles. The minimum Gasteiger partial charge on any atom is -0.326 e. The van der Waals surface area contributed by atoms with Crippen molar-refractivity contribution in [2.75, 3.05) is 18.4 Å². The molecule has 1 saturated heterocycles. The molecular weight excluding hydrogens is 407 g/mol. The van der Waals surface area contributed by atoms with Gasteiger partial charge in [-0.2, -0.15) is 0 Å². The van der Waals surface area contributed by atoms with Gasteiger partial charge in [-0.15, -0.1) is 0 Å². The first-order valence-corrected chi connectivity index (χ1v) is 7.92. The first kappa shape index (κ1) is 14.3. The maximum atomic E-state index is 12.4. The first-order chi connectivity index (χ1) is 8.57. The van der Waals surface area contributed by atoms with Crippen LogP contribution < -0.4 is 10.6 Å². The van der Waals surface area contributed by atoms with Gasteiger partial charge in [0.2, 0.25) is 5.91 Å². The maximum Gasteiger partial charge on any atom is 0.231 e. The maximum absolute atomic E-state index is 12.4. The summed E-state index contributed by atoms with van der Waals surface area (Å²) in [6.45, 7) is 3.79. The number of nitrogens with one attached hydrogen (secondary N) is 2. The molecule has 18 heavy (non-hydrogen) atoms. The van der Waals surface area contributed by atoms with Crippen LogP contribution in [0.1, 0.15) is 19.8 Å². The van der Waals surface area contributed by atoms with E-state index in [-0.39, 0.29) is 11.3 Å². The smallest absolute Gasteiger partial charge is 0.231 e. The summed E-state index contributed by atoms with van der Waals surface area (Å²) in [4.78, 5) is 12.4. The summed E-state index contributed by atoms with van der Waals surface area (Å²) < 4.78 is 2.15. The fourth-order valence-corrected chi connectivity index (χ4v) is 2.95. The van der Waals surface area contributed by atoms with Crippen LogP contribution in [0.2, 0.25) is 0 Å². The highest BCUT2D eigenvalue weighted by Crippen LogP contribution is 2.31. The van der Waals surface area contributed by atoms with Gasteiger partial charge < -0.3 is 10.6 Å². The van der Waals surface area contributed by atoms with E-state index < -0.39 is 0 Å². The van der Waals surface area contributed by atoms with E-state index in [0.29, 0.717) is 0 Å². The fourth-order valence-electron chi connectivity index (χ4n) is 2.24. The Labute approximate surface area is 129 Å². The van der Waals surface area contributed by atoms with E-state index in [1.54, 1.807) is 0 Å². The lowest BCUT2D eigenvalue weighted by Gasteiger charge is -2.25. The standard InChI is InChI=1S/C13H16BrIN2O/c1-2-13(5-6-16-8-13)12(18)17-9-3-4-11(15)10(14)7-9/h3-4,7,16H,2,5-6,8H2,1H3,(H,17,18). The fraction of sp³-hybridized carbons (Fsp3) is 0.462. The van der Waals surface area contributed by atoms with Crippen molar-refractivity contribution in [3.05, 3.63) is 26.2 Å². The number of rotatable bonds is 3. The number of carbonyl (C=O) groups is 1. The SMILES string of the molecule is CCC1(C(=O)Nc2ccc(I)c(Br)c2)CCNC1. The van der Waals surface area contributed by atoms with E-state index >= 15 is 0 Å². The molecule has 1 aliphatic heterocycles. The molecular formula is C13H16BrIN2O. The molecule has 0 spiro atoms. The lowest BCUT2D eigenvalue weighted by atomic mass is 9.83. The second-order valence-corrected chi connectivity index (χ2v) is 6.66. The van der Waals surface area contributed by atoms with Crippen molar-refractivity contribution in [3.63, 3.8) is 0 Å². The van der Waals surface area contributed by atoms with Crippen molar-refractivity contribution in [3.8, 4) is 0 Å². The summed E-state index contributed by atoms with van der Waals surface area (Å²) in [6, 6.07) is 5.88. The second-order valence-electron chi connectivity index (χ2n) is 4.64. The Morgan fingerprint density at radius 3 is 2.94 bits per heavy atom. The van der Waals surface area contributed by atoms with Crippen LogP contribution in [0.15, 0.2) is 22.7 Å². The van der Waals surface area contributed by atoms with Crippen molar-refractivity contribution in [1.82, 2.24) is 5.32 Å². The van der Waals surface area contributed by atoms with Crippen LogP contribution in [0.3, 0.4) is 0 Å². The molecule has 1 atom stereocenters. The van der Waals surface area contributed by atoms with Crippen LogP contribution in [0.5, 0.6) is 0 Å². The summed E-state index contributed by atoms with van der Waals surface area (Å²) in [7, 11) is 0. The zero-order chi connectivity index (χ0) is 13.2. The van der Waals surface area contributed by atoms with E-state index in [9.17, 15) is 4.79 Å². The number of anilines is 1. The van der Waals surface area contributed by atoms with Crippen molar-refractivity contribution in [1.29, 1.82) is 0 Å². The lowest BCUT2D eigenvalue weighted by Crippen LogP contribution is -2.37. The van der Waals surface area contributed by atoms with E-state index in [0.717, 1.165) is 39.7 Å². The van der Waals surface area contributed by atoms with E-state index in [1.807, 2.05) is 18.2 Å². The average Bonchev–Trinajstić information content (AvgIpc) is 2.84. The van der Waals surface area contributed by atoms with Crippen LogP contribution in [0.4, 0.5) is 5.69 Å². The van der Waals surface area contributed by atoms with Crippen LogP contribution in [-0.4, -0.2) is 19.0 Å². The number of benzene rings is 1. The summed E-state index contributed by atoms with van der Waals surface area (Å²) in [6.07, 6.45) is 1.79. The third kappa shape index (κ3) is 2.88. The first-order valence-electron chi connectivity index (χ1n) is 6.04. The molecule has 1 fully saturated rings. The number of hydrogen-bond donors (Lipinski definition) is 2. The average molecular weight is 423 g/mol. The highest BCUT2D eigenvalue weighted by molar-refractivity contribution is 14.1.